The number of carbonyl (C=O) groups is 3. The van der Waals surface area contributed by atoms with Gasteiger partial charge in [-0.15, -0.1) is 0 Å². The highest BCUT2D eigenvalue weighted by Gasteiger charge is 2.28. The van der Waals surface area contributed by atoms with Gasteiger partial charge in [0.1, 0.15) is 12.6 Å². The molecule has 0 aliphatic rings. The van der Waals surface area contributed by atoms with E-state index >= 15 is 0 Å². The third kappa shape index (κ3) is 41.0. The van der Waals surface area contributed by atoms with Gasteiger partial charge in [0.15, 0.2) is 6.10 Å². The van der Waals surface area contributed by atoms with Crippen molar-refractivity contribution in [1.82, 2.24) is 0 Å². The summed E-state index contributed by atoms with van der Waals surface area (Å²) < 4.78 is 32.6. The van der Waals surface area contributed by atoms with Crippen LogP contribution in [0.25, 0.3) is 0 Å². The third-order valence-electron chi connectivity index (χ3n) is 8.29. The van der Waals surface area contributed by atoms with Crippen LogP contribution in [0.5, 0.6) is 0 Å². The van der Waals surface area contributed by atoms with Crippen molar-refractivity contribution in [3.8, 4) is 0 Å². The maximum Gasteiger partial charge on any atom is 0.472 e. The summed E-state index contributed by atoms with van der Waals surface area (Å²) in [4.78, 5) is 46.0. The number of aliphatic hydroxyl groups is 1. The number of unbranched alkanes of at least 4 members (excludes halogenated alkanes) is 4. The number of hydrogen-bond donors (Lipinski definition) is 4. The van der Waals surface area contributed by atoms with E-state index in [1.165, 1.54) is 0 Å². The largest absolute Gasteiger partial charge is 0.480 e. The molecule has 12 nitrogen and oxygen atoms in total. The number of esters is 2. The fourth-order valence-corrected chi connectivity index (χ4v) is 5.69. The molecule has 0 spiro atoms. The van der Waals surface area contributed by atoms with Gasteiger partial charge in [-0.1, -0.05) is 142 Å². The first-order valence-corrected chi connectivity index (χ1v) is 23.2. The quantitative estimate of drug-likeness (QED) is 0.0151. The first-order chi connectivity index (χ1) is 29.5. The van der Waals surface area contributed by atoms with Crippen molar-refractivity contribution >= 4 is 25.7 Å². The number of carboxylic acid groups (broad SMARTS) is 1. The first-order valence-electron chi connectivity index (χ1n) is 21.7. The van der Waals surface area contributed by atoms with Crippen LogP contribution in [-0.2, 0) is 37.5 Å². The SMILES string of the molecule is CC/C=C\C/C=C\C/C=C\C/C=C\C/C=C\CCCCCC(=O)O[C@H](COC(=O)CCC/C=C\C/C=C\C=C\C(O)C/C=C\C/C=C\CC)COP(=O)(O)OC[C@H](N)C(=O)O. The van der Waals surface area contributed by atoms with Gasteiger partial charge in [-0.2, -0.15) is 0 Å². The molecule has 0 aliphatic carbocycles. The number of carboxylic acids is 1. The monoisotopic (exact) mass is 871 g/mol. The summed E-state index contributed by atoms with van der Waals surface area (Å²) in [5, 5.41) is 18.9. The van der Waals surface area contributed by atoms with Gasteiger partial charge >= 0.3 is 25.7 Å². The van der Waals surface area contributed by atoms with Crippen LogP contribution in [-0.4, -0.2) is 71.1 Å². The topological polar surface area (TPSA) is 192 Å². The molecule has 0 rings (SSSR count). The van der Waals surface area contributed by atoms with Crippen molar-refractivity contribution < 1.29 is 52.6 Å². The summed E-state index contributed by atoms with van der Waals surface area (Å²) >= 11 is 0. The Morgan fingerprint density at radius 1 is 0.590 bits per heavy atom. The Balaban J connectivity index is 4.61. The average Bonchev–Trinajstić information content (AvgIpc) is 3.23. The zero-order valence-electron chi connectivity index (χ0n) is 36.6. The number of rotatable bonds is 38. The highest BCUT2D eigenvalue weighted by Crippen LogP contribution is 2.43. The molecule has 0 aromatic rings. The van der Waals surface area contributed by atoms with Gasteiger partial charge in [0.2, 0.25) is 0 Å². The van der Waals surface area contributed by atoms with Crippen molar-refractivity contribution in [1.29, 1.82) is 0 Å². The molecule has 0 radical (unpaired) electrons. The number of aliphatic hydroxyl groups excluding tert-OH is 1. The van der Waals surface area contributed by atoms with E-state index in [1.807, 2.05) is 42.5 Å². The van der Waals surface area contributed by atoms with Crippen LogP contribution in [0.15, 0.2) is 122 Å². The predicted molar refractivity (Wildman–Crippen MR) is 245 cm³/mol. The second-order valence-electron chi connectivity index (χ2n) is 13.9. The molecule has 0 amide bonds. The molecule has 0 aromatic carbocycles. The zero-order chi connectivity index (χ0) is 45.1. The molecule has 0 aliphatic heterocycles. The molecule has 13 heteroatoms. The Bertz CT molecular complexity index is 1510. The van der Waals surface area contributed by atoms with Crippen LogP contribution in [0, 0.1) is 0 Å². The van der Waals surface area contributed by atoms with Crippen molar-refractivity contribution in [2.75, 3.05) is 19.8 Å². The molecule has 0 heterocycles. The summed E-state index contributed by atoms with van der Waals surface area (Å²) in [6.45, 7) is 2.37. The summed E-state index contributed by atoms with van der Waals surface area (Å²) in [5.41, 5.74) is 5.32. The summed E-state index contributed by atoms with van der Waals surface area (Å²) in [5.74, 6) is -2.56. The number of carbonyl (C=O) groups excluding carboxylic acids is 2. The summed E-state index contributed by atoms with van der Waals surface area (Å²) in [6, 6.07) is -1.55. The van der Waals surface area contributed by atoms with Gasteiger partial charge in [0, 0.05) is 12.8 Å². The van der Waals surface area contributed by atoms with Gasteiger partial charge in [-0.3, -0.25) is 23.4 Å². The van der Waals surface area contributed by atoms with Crippen LogP contribution >= 0.6 is 7.82 Å². The lowest BCUT2D eigenvalue weighted by Gasteiger charge is -2.20. The van der Waals surface area contributed by atoms with Crippen molar-refractivity contribution in [2.24, 2.45) is 5.73 Å². The second-order valence-corrected chi connectivity index (χ2v) is 15.4. The van der Waals surface area contributed by atoms with E-state index < -0.39 is 63.8 Å². The highest BCUT2D eigenvalue weighted by molar-refractivity contribution is 7.47. The summed E-state index contributed by atoms with van der Waals surface area (Å²) in [7, 11) is -4.76. The van der Waals surface area contributed by atoms with E-state index in [0.717, 1.165) is 64.2 Å². The minimum Gasteiger partial charge on any atom is -0.480 e. The number of ether oxygens (including phenoxy) is 2. The zero-order valence-corrected chi connectivity index (χ0v) is 37.4. The Labute approximate surface area is 365 Å². The molecule has 0 bridgehead atoms. The number of hydrogen-bond acceptors (Lipinski definition) is 10. The van der Waals surface area contributed by atoms with Crippen LogP contribution in [0.4, 0.5) is 0 Å². The minimum absolute atomic E-state index is 0.0889. The number of allylic oxidation sites excluding steroid dienone is 18. The predicted octanol–water partition coefficient (Wildman–Crippen LogP) is 10.6. The number of aliphatic carboxylic acids is 1. The fraction of sp³-hybridized carbons (Fsp3) is 0.521. The van der Waals surface area contributed by atoms with Crippen molar-refractivity contribution in [2.45, 2.75) is 141 Å². The number of phosphoric ester groups is 1. The minimum atomic E-state index is -4.76. The molecule has 5 N–H and O–H groups in total. The van der Waals surface area contributed by atoms with E-state index in [0.29, 0.717) is 32.1 Å². The standard InChI is InChI=1S/C48H74NO11P/c1-3-5-7-9-11-12-13-14-15-16-17-18-19-20-21-22-27-31-35-39-47(52)60-44(41-58-61(55,56)59-42-45(49)48(53)54)40-57-46(51)38-34-30-26-24-23-25-29-33-37-43(50)36-32-28-10-8-6-4-2/h5-8,11-12,14-15,17-18,20-21,24-26,28-29,32-33,37,43-45,50H,3-4,9-10,13,16,19,22-23,27,30-31,34-36,38-42,49H2,1-2H3,(H,53,54)(H,55,56)/b7-5-,8-6-,12-11-,15-14-,18-17-,21-20-,26-24-,29-25-,32-28-,37-33+/t43?,44-,45+/m1/s1. The van der Waals surface area contributed by atoms with Crippen molar-refractivity contribution in [3.63, 3.8) is 0 Å². The van der Waals surface area contributed by atoms with E-state index in [4.69, 9.17) is 24.8 Å². The number of phosphoric acid groups is 1. The van der Waals surface area contributed by atoms with Crippen LogP contribution in [0.1, 0.15) is 123 Å². The van der Waals surface area contributed by atoms with E-state index in [1.54, 1.807) is 6.08 Å². The molecule has 342 valence electrons. The van der Waals surface area contributed by atoms with Crippen LogP contribution in [0.2, 0.25) is 0 Å². The van der Waals surface area contributed by atoms with Gasteiger partial charge in [0.25, 0.3) is 0 Å². The average molecular weight is 872 g/mol. The second kappa shape index (κ2) is 41.2. The first kappa shape index (κ1) is 56.8. The van der Waals surface area contributed by atoms with Gasteiger partial charge < -0.3 is 30.3 Å². The van der Waals surface area contributed by atoms with Gasteiger partial charge in [-0.05, 0) is 89.9 Å². The molecular weight excluding hydrogens is 797 g/mol. The maximum absolute atomic E-state index is 12.6. The molecule has 0 saturated heterocycles. The van der Waals surface area contributed by atoms with Crippen LogP contribution in [0.3, 0.4) is 0 Å². The summed E-state index contributed by atoms with van der Waals surface area (Å²) in [6.07, 6.45) is 51.6. The molecule has 61 heavy (non-hydrogen) atoms. The Kier molecular flexibility index (Phi) is 38.4. The highest BCUT2D eigenvalue weighted by atomic mass is 31.2. The van der Waals surface area contributed by atoms with E-state index in [-0.39, 0.29) is 12.8 Å². The molecule has 2 unspecified atom stereocenters. The van der Waals surface area contributed by atoms with Gasteiger partial charge in [-0.25, -0.2) is 4.57 Å². The molecule has 0 aromatic heterocycles. The van der Waals surface area contributed by atoms with Crippen LogP contribution < -0.4 is 5.73 Å². The fourth-order valence-electron chi connectivity index (χ4n) is 4.91. The molecular formula is C48H74NO11P. The van der Waals surface area contributed by atoms with Gasteiger partial charge in [0.05, 0.1) is 19.3 Å². The lowest BCUT2D eigenvalue weighted by atomic mass is 10.1. The van der Waals surface area contributed by atoms with Crippen molar-refractivity contribution in [3.05, 3.63) is 122 Å². The molecule has 0 saturated carbocycles. The smallest absolute Gasteiger partial charge is 0.472 e. The van der Waals surface area contributed by atoms with E-state index in [9.17, 15) is 28.9 Å². The lowest BCUT2D eigenvalue weighted by molar-refractivity contribution is -0.161. The maximum atomic E-state index is 12.6. The third-order valence-corrected chi connectivity index (χ3v) is 9.24. The lowest BCUT2D eigenvalue weighted by Crippen LogP contribution is -2.34. The van der Waals surface area contributed by atoms with E-state index in [2.05, 4.69) is 91.3 Å². The molecule has 4 atom stereocenters. The number of nitrogens with two attached hydrogens (primary N) is 1. The molecule has 0 fully saturated rings. The Hall–Kier alpha value is -4.16. The Morgan fingerprint density at radius 2 is 1.08 bits per heavy atom. The Morgan fingerprint density at radius 3 is 1.66 bits per heavy atom. The normalized spacial score (nSPS) is 15.4.